The molecule has 0 radical (unpaired) electrons. The molecule has 0 aliphatic heterocycles. The summed E-state index contributed by atoms with van der Waals surface area (Å²) in [5, 5.41) is 8.92. The van der Waals surface area contributed by atoms with Crippen molar-refractivity contribution in [1.29, 1.82) is 5.26 Å². The Hall–Kier alpha value is -2.28. The van der Waals surface area contributed by atoms with Crippen LogP contribution in [-0.2, 0) is 13.0 Å². The normalized spacial score (nSPS) is 10.4. The lowest BCUT2D eigenvalue weighted by molar-refractivity contribution is 0.318. The number of rotatable bonds is 6. The molecule has 0 bridgehead atoms. The molecule has 2 aromatic rings. The van der Waals surface area contributed by atoms with Crippen LogP contribution in [0.3, 0.4) is 0 Å². The number of nitrogens with zero attached hydrogens (tertiary/aromatic N) is 3. The molecule has 1 aromatic heterocycles. The fraction of sp³-hybridized carbons (Fsp3) is 0.375. The van der Waals surface area contributed by atoms with Gasteiger partial charge in [-0.2, -0.15) is 5.26 Å². The molecule has 0 saturated heterocycles. The second-order valence-electron chi connectivity index (χ2n) is 4.91. The number of ether oxygens (including phenoxy) is 1. The van der Waals surface area contributed by atoms with Crippen molar-refractivity contribution in [2.75, 3.05) is 6.61 Å². The maximum Gasteiger partial charge on any atom is 0.124 e. The fourth-order valence-corrected chi connectivity index (χ4v) is 2.12. The van der Waals surface area contributed by atoms with Crippen LogP contribution < -0.4 is 4.74 Å². The number of hydrogen-bond donors (Lipinski definition) is 0. The van der Waals surface area contributed by atoms with Crippen molar-refractivity contribution in [2.45, 2.75) is 33.2 Å². The Morgan fingerprint density at radius 2 is 2.30 bits per heavy atom. The molecule has 4 heteroatoms. The Bertz CT molecular complexity index is 664. The first-order chi connectivity index (χ1) is 9.65. The van der Waals surface area contributed by atoms with Gasteiger partial charge in [-0.15, -0.1) is 0 Å². The summed E-state index contributed by atoms with van der Waals surface area (Å²) in [5.74, 6) is 1.60. The number of aromatic nitrogens is 2. The molecule has 0 N–H and O–H groups in total. The molecule has 1 heterocycles. The molecule has 104 valence electrons. The van der Waals surface area contributed by atoms with Gasteiger partial charge in [0.1, 0.15) is 11.6 Å². The smallest absolute Gasteiger partial charge is 0.124 e. The highest BCUT2D eigenvalue weighted by Gasteiger charge is 2.11. The summed E-state index contributed by atoms with van der Waals surface area (Å²) in [6.45, 7) is 9.37. The standard InChI is InChI=1S/C16H19N3O/c1-4-9-20-13-5-6-15-14(10-13)18-16(7-8-17)19(15)11-12(2)3/h5-6,10H,2,4,7,9,11H2,1,3H3. The van der Waals surface area contributed by atoms with E-state index in [9.17, 15) is 0 Å². The van der Waals surface area contributed by atoms with E-state index in [0.29, 0.717) is 19.6 Å². The van der Waals surface area contributed by atoms with Crippen LogP contribution in [0.25, 0.3) is 11.0 Å². The van der Waals surface area contributed by atoms with E-state index >= 15 is 0 Å². The SMILES string of the molecule is C=C(C)Cn1c(CC#N)nc2cc(OCCC)ccc21. The average Bonchev–Trinajstić information content (AvgIpc) is 2.74. The van der Waals surface area contributed by atoms with E-state index in [1.165, 1.54) is 0 Å². The van der Waals surface area contributed by atoms with E-state index in [4.69, 9.17) is 10.00 Å². The zero-order valence-electron chi connectivity index (χ0n) is 12.0. The number of hydrogen-bond acceptors (Lipinski definition) is 3. The maximum absolute atomic E-state index is 8.92. The Kier molecular flexibility index (Phi) is 4.41. The summed E-state index contributed by atoms with van der Waals surface area (Å²) in [6, 6.07) is 8.04. The lowest BCUT2D eigenvalue weighted by atomic mass is 10.2. The Labute approximate surface area is 119 Å². The quantitative estimate of drug-likeness (QED) is 0.754. The summed E-state index contributed by atoms with van der Waals surface area (Å²) in [4.78, 5) is 4.54. The van der Waals surface area contributed by atoms with E-state index in [0.717, 1.165) is 34.6 Å². The summed E-state index contributed by atoms with van der Waals surface area (Å²) in [5.41, 5.74) is 2.92. The molecule has 2 rings (SSSR count). The molecule has 0 aliphatic rings. The Morgan fingerprint density at radius 1 is 1.50 bits per heavy atom. The highest BCUT2D eigenvalue weighted by molar-refractivity contribution is 5.78. The first-order valence-electron chi connectivity index (χ1n) is 6.79. The summed E-state index contributed by atoms with van der Waals surface area (Å²) < 4.78 is 7.67. The third kappa shape index (κ3) is 3.00. The average molecular weight is 269 g/mol. The summed E-state index contributed by atoms with van der Waals surface area (Å²) in [7, 11) is 0. The van der Waals surface area contributed by atoms with Gasteiger partial charge in [0.05, 0.1) is 30.1 Å². The molecular formula is C16H19N3O. The van der Waals surface area contributed by atoms with Crippen LogP contribution in [0.1, 0.15) is 26.1 Å². The molecule has 0 atom stereocenters. The molecule has 20 heavy (non-hydrogen) atoms. The number of fused-ring (bicyclic) bond motifs is 1. The molecule has 0 aliphatic carbocycles. The number of nitriles is 1. The molecule has 0 unspecified atom stereocenters. The van der Waals surface area contributed by atoms with E-state index < -0.39 is 0 Å². The van der Waals surface area contributed by atoms with Gasteiger partial charge in [-0.1, -0.05) is 19.1 Å². The van der Waals surface area contributed by atoms with Crippen molar-refractivity contribution in [3.63, 3.8) is 0 Å². The number of imidazole rings is 1. The second-order valence-corrected chi connectivity index (χ2v) is 4.91. The predicted octanol–water partition coefficient (Wildman–Crippen LogP) is 3.47. The molecule has 0 fully saturated rings. The number of benzene rings is 1. The monoisotopic (exact) mass is 269 g/mol. The van der Waals surface area contributed by atoms with Gasteiger partial charge in [-0.05, 0) is 25.5 Å². The van der Waals surface area contributed by atoms with Gasteiger partial charge in [-0.3, -0.25) is 0 Å². The topological polar surface area (TPSA) is 50.8 Å². The minimum Gasteiger partial charge on any atom is -0.494 e. The highest BCUT2D eigenvalue weighted by Crippen LogP contribution is 2.23. The van der Waals surface area contributed by atoms with Crippen LogP contribution in [0.5, 0.6) is 5.75 Å². The van der Waals surface area contributed by atoms with Crippen LogP contribution in [0.4, 0.5) is 0 Å². The fourth-order valence-electron chi connectivity index (χ4n) is 2.12. The van der Waals surface area contributed by atoms with Crippen LogP contribution >= 0.6 is 0 Å². The molecule has 4 nitrogen and oxygen atoms in total. The highest BCUT2D eigenvalue weighted by atomic mass is 16.5. The molecule has 0 spiro atoms. The van der Waals surface area contributed by atoms with Crippen LogP contribution in [-0.4, -0.2) is 16.2 Å². The van der Waals surface area contributed by atoms with Crippen molar-refractivity contribution >= 4 is 11.0 Å². The molecule has 1 aromatic carbocycles. The van der Waals surface area contributed by atoms with E-state index in [1.54, 1.807) is 0 Å². The van der Waals surface area contributed by atoms with Crippen molar-refractivity contribution < 1.29 is 4.74 Å². The summed E-state index contributed by atoms with van der Waals surface area (Å²) in [6.07, 6.45) is 1.27. The van der Waals surface area contributed by atoms with Crippen LogP contribution in [0.15, 0.2) is 30.4 Å². The second kappa shape index (κ2) is 6.25. The largest absolute Gasteiger partial charge is 0.494 e. The maximum atomic E-state index is 8.92. The van der Waals surface area contributed by atoms with Crippen molar-refractivity contribution in [1.82, 2.24) is 9.55 Å². The van der Waals surface area contributed by atoms with Gasteiger partial charge in [0.25, 0.3) is 0 Å². The zero-order chi connectivity index (χ0) is 14.5. The lowest BCUT2D eigenvalue weighted by Gasteiger charge is -2.07. The predicted molar refractivity (Wildman–Crippen MR) is 79.7 cm³/mol. The molecule has 0 saturated carbocycles. The third-order valence-corrected chi connectivity index (χ3v) is 2.94. The Morgan fingerprint density at radius 3 is 2.95 bits per heavy atom. The first-order valence-corrected chi connectivity index (χ1v) is 6.79. The van der Waals surface area contributed by atoms with E-state index in [2.05, 4.69) is 24.6 Å². The summed E-state index contributed by atoms with van der Waals surface area (Å²) >= 11 is 0. The van der Waals surface area contributed by atoms with Gasteiger partial charge in [0.2, 0.25) is 0 Å². The van der Waals surface area contributed by atoms with Gasteiger partial charge in [0, 0.05) is 12.6 Å². The van der Waals surface area contributed by atoms with Gasteiger partial charge < -0.3 is 9.30 Å². The molecule has 0 amide bonds. The van der Waals surface area contributed by atoms with Gasteiger partial charge >= 0.3 is 0 Å². The minimum atomic E-state index is 0.299. The van der Waals surface area contributed by atoms with E-state index in [-0.39, 0.29) is 0 Å². The van der Waals surface area contributed by atoms with Gasteiger partial charge in [0.15, 0.2) is 0 Å². The van der Waals surface area contributed by atoms with Crippen LogP contribution in [0.2, 0.25) is 0 Å². The van der Waals surface area contributed by atoms with Crippen LogP contribution in [0, 0.1) is 11.3 Å². The lowest BCUT2D eigenvalue weighted by Crippen LogP contribution is -2.04. The van der Waals surface area contributed by atoms with E-state index in [1.807, 2.05) is 29.7 Å². The Balaban J connectivity index is 2.44. The zero-order valence-corrected chi connectivity index (χ0v) is 12.0. The first kappa shape index (κ1) is 14.1. The van der Waals surface area contributed by atoms with Gasteiger partial charge in [-0.25, -0.2) is 4.98 Å². The minimum absolute atomic E-state index is 0.299. The number of allylic oxidation sites excluding steroid dienone is 1. The van der Waals surface area contributed by atoms with Crippen molar-refractivity contribution in [3.8, 4) is 11.8 Å². The third-order valence-electron chi connectivity index (χ3n) is 2.94. The molecular weight excluding hydrogens is 250 g/mol. The van der Waals surface area contributed by atoms with Crippen molar-refractivity contribution in [2.24, 2.45) is 0 Å². The van der Waals surface area contributed by atoms with Crippen molar-refractivity contribution in [3.05, 3.63) is 36.2 Å².